The Hall–Kier alpha value is -5.21. The van der Waals surface area contributed by atoms with E-state index in [1.54, 1.807) is 50.2 Å². The number of hydrogen-bond acceptors (Lipinski definition) is 9. The quantitative estimate of drug-likeness (QED) is 0.145. The molecule has 1 saturated carbocycles. The summed E-state index contributed by atoms with van der Waals surface area (Å²) >= 11 is 0. The maximum absolute atomic E-state index is 14.2. The number of esters is 2. The number of nitrogens with one attached hydrogen (secondary N) is 3. The standard InChI is InChI=1S/C40H47F2N3O9/c1-22(2)35(37(49)43-29-18-25(39(51)53-3)17-26(19-29)40(52)54-4)45-34(47)21-33(46)32(16-23-14-27(41)20-28(42)15-23)44-38(50)36(48)31-13-9-8-12-30(31)24-10-6-5-7-11-24/h5-15,20,22,25-26,29,32-33,35-36,46,48H,16-19,21H2,1-4H3,(H,43,49)(H,44,50)(H,45,47)/t25-,26+,29?,32-,33-,35-,36-/m0/s1. The fourth-order valence-electron chi connectivity index (χ4n) is 6.83. The monoisotopic (exact) mass is 751 g/mol. The Labute approximate surface area is 312 Å². The van der Waals surface area contributed by atoms with Crippen LogP contribution >= 0.6 is 0 Å². The first kappa shape index (κ1) is 41.5. The maximum Gasteiger partial charge on any atom is 0.308 e. The highest BCUT2D eigenvalue weighted by atomic mass is 19.1. The van der Waals surface area contributed by atoms with Crippen LogP contribution in [-0.2, 0) is 39.9 Å². The molecule has 12 nitrogen and oxygen atoms in total. The average Bonchev–Trinajstić information content (AvgIpc) is 3.15. The summed E-state index contributed by atoms with van der Waals surface area (Å²) in [5.74, 6) is -6.91. The number of benzene rings is 3. The number of carbonyl (C=O) groups excluding carboxylic acids is 5. The molecule has 3 aromatic carbocycles. The highest BCUT2D eigenvalue weighted by molar-refractivity contribution is 5.89. The summed E-state index contributed by atoms with van der Waals surface area (Å²) in [6.45, 7) is 3.37. The number of rotatable bonds is 15. The number of amides is 3. The van der Waals surface area contributed by atoms with Crippen LogP contribution in [-0.4, -0.2) is 78.3 Å². The van der Waals surface area contributed by atoms with Gasteiger partial charge in [0.25, 0.3) is 5.91 Å². The molecule has 3 amide bonds. The molecule has 0 saturated heterocycles. The van der Waals surface area contributed by atoms with Crippen molar-refractivity contribution in [1.29, 1.82) is 0 Å². The third-order valence-corrected chi connectivity index (χ3v) is 9.54. The van der Waals surface area contributed by atoms with Crippen LogP contribution in [0.1, 0.15) is 56.8 Å². The van der Waals surface area contributed by atoms with E-state index in [9.17, 15) is 43.0 Å². The van der Waals surface area contributed by atoms with Crippen LogP contribution in [0.2, 0.25) is 0 Å². The number of aliphatic hydroxyl groups excluding tert-OH is 2. The van der Waals surface area contributed by atoms with Crippen LogP contribution < -0.4 is 16.0 Å². The van der Waals surface area contributed by atoms with Crippen molar-refractivity contribution in [2.45, 2.75) is 76.3 Å². The van der Waals surface area contributed by atoms with E-state index in [0.29, 0.717) is 11.6 Å². The minimum atomic E-state index is -1.72. The largest absolute Gasteiger partial charge is 0.469 e. The van der Waals surface area contributed by atoms with Gasteiger partial charge in [0.15, 0.2) is 6.10 Å². The van der Waals surface area contributed by atoms with Crippen molar-refractivity contribution in [3.8, 4) is 11.1 Å². The number of halogens is 2. The molecule has 0 radical (unpaired) electrons. The molecule has 1 fully saturated rings. The normalized spacial score (nSPS) is 19.1. The van der Waals surface area contributed by atoms with E-state index in [2.05, 4.69) is 16.0 Å². The van der Waals surface area contributed by atoms with Crippen LogP contribution in [0.4, 0.5) is 8.78 Å². The molecule has 54 heavy (non-hydrogen) atoms. The third kappa shape index (κ3) is 11.2. The predicted molar refractivity (Wildman–Crippen MR) is 193 cm³/mol. The topological polar surface area (TPSA) is 180 Å². The van der Waals surface area contributed by atoms with Crippen molar-refractivity contribution in [2.24, 2.45) is 17.8 Å². The van der Waals surface area contributed by atoms with Crippen LogP contribution in [0.25, 0.3) is 11.1 Å². The lowest BCUT2D eigenvalue weighted by Gasteiger charge is -2.34. The van der Waals surface area contributed by atoms with Gasteiger partial charge in [0.1, 0.15) is 17.7 Å². The first-order valence-corrected chi connectivity index (χ1v) is 17.7. The van der Waals surface area contributed by atoms with Gasteiger partial charge in [-0.05, 0) is 66.0 Å². The summed E-state index contributed by atoms with van der Waals surface area (Å²) in [6.07, 6.45) is -3.73. The summed E-state index contributed by atoms with van der Waals surface area (Å²) in [7, 11) is 2.46. The van der Waals surface area contributed by atoms with E-state index in [1.165, 1.54) is 14.2 Å². The zero-order chi connectivity index (χ0) is 39.5. The first-order chi connectivity index (χ1) is 25.7. The Morgan fingerprint density at radius 2 is 1.35 bits per heavy atom. The molecule has 5 N–H and O–H groups in total. The van der Waals surface area contributed by atoms with E-state index in [1.807, 2.05) is 18.2 Å². The molecule has 290 valence electrons. The zero-order valence-corrected chi connectivity index (χ0v) is 30.6. The van der Waals surface area contributed by atoms with Gasteiger partial charge in [-0.2, -0.15) is 0 Å². The van der Waals surface area contributed by atoms with Crippen molar-refractivity contribution in [3.63, 3.8) is 0 Å². The lowest BCUT2D eigenvalue weighted by molar-refractivity contribution is -0.153. The minimum absolute atomic E-state index is 0.0684. The number of methoxy groups -OCH3 is 2. The molecule has 1 unspecified atom stereocenters. The summed E-state index contributed by atoms with van der Waals surface area (Å²) < 4.78 is 38.0. The average molecular weight is 752 g/mol. The van der Waals surface area contributed by atoms with Crippen molar-refractivity contribution in [2.75, 3.05) is 14.2 Å². The van der Waals surface area contributed by atoms with Gasteiger partial charge in [0.05, 0.1) is 44.6 Å². The molecule has 0 heterocycles. The molecular weight excluding hydrogens is 704 g/mol. The molecule has 14 heteroatoms. The number of aliphatic hydroxyl groups is 2. The minimum Gasteiger partial charge on any atom is -0.469 e. The molecule has 1 aliphatic carbocycles. The Bertz CT molecular complexity index is 1750. The van der Waals surface area contributed by atoms with E-state index >= 15 is 0 Å². The Kier molecular flexibility index (Phi) is 14.8. The lowest BCUT2D eigenvalue weighted by atomic mass is 9.78. The smallest absolute Gasteiger partial charge is 0.308 e. The van der Waals surface area contributed by atoms with Crippen LogP contribution in [0, 0.1) is 29.4 Å². The molecule has 7 atom stereocenters. The van der Waals surface area contributed by atoms with Gasteiger partial charge in [0, 0.05) is 12.1 Å². The van der Waals surface area contributed by atoms with E-state index in [0.717, 1.165) is 17.7 Å². The van der Waals surface area contributed by atoms with Crippen LogP contribution in [0.15, 0.2) is 72.8 Å². The van der Waals surface area contributed by atoms with Gasteiger partial charge >= 0.3 is 11.9 Å². The van der Waals surface area contributed by atoms with E-state index in [-0.39, 0.29) is 36.8 Å². The van der Waals surface area contributed by atoms with E-state index in [4.69, 9.17) is 9.47 Å². The van der Waals surface area contributed by atoms with E-state index < -0.39 is 95.8 Å². The van der Waals surface area contributed by atoms with Crippen molar-refractivity contribution in [1.82, 2.24) is 16.0 Å². The summed E-state index contributed by atoms with van der Waals surface area (Å²) in [5.41, 5.74) is 1.65. The second-order valence-electron chi connectivity index (χ2n) is 13.9. The molecule has 0 spiro atoms. The van der Waals surface area contributed by atoms with Crippen molar-refractivity contribution >= 4 is 29.7 Å². The van der Waals surface area contributed by atoms with Crippen LogP contribution in [0.5, 0.6) is 0 Å². The highest BCUT2D eigenvalue weighted by Gasteiger charge is 2.39. The molecular formula is C40H47F2N3O9. The second kappa shape index (κ2) is 19.2. The van der Waals surface area contributed by atoms with Crippen LogP contribution in [0.3, 0.4) is 0 Å². The fraction of sp³-hybridized carbons (Fsp3) is 0.425. The van der Waals surface area contributed by atoms with Gasteiger partial charge in [-0.25, -0.2) is 8.78 Å². The van der Waals surface area contributed by atoms with Gasteiger partial charge < -0.3 is 35.6 Å². The summed E-state index contributed by atoms with van der Waals surface area (Å²) in [6, 6.07) is 15.4. The maximum atomic E-state index is 14.2. The van der Waals surface area contributed by atoms with Gasteiger partial charge in [-0.1, -0.05) is 68.4 Å². The molecule has 0 aromatic heterocycles. The lowest BCUT2D eigenvalue weighted by Crippen LogP contribution is -2.55. The summed E-state index contributed by atoms with van der Waals surface area (Å²) in [4.78, 5) is 65.1. The number of ether oxygens (including phenoxy) is 2. The third-order valence-electron chi connectivity index (χ3n) is 9.54. The van der Waals surface area contributed by atoms with Crippen molar-refractivity contribution in [3.05, 3.63) is 95.6 Å². The SMILES string of the molecule is COC(=O)[C@@H]1CC(NC(=O)[C@@H](NC(=O)C[C@H](O)[C@H](Cc2cc(F)cc(F)c2)NC(=O)[C@@H](O)c2ccccc2-c2ccccc2)C(C)C)C[C@H](C(=O)OC)C1. The Balaban J connectivity index is 1.49. The molecule has 3 aromatic rings. The molecule has 1 aliphatic rings. The molecule has 0 bridgehead atoms. The summed E-state index contributed by atoms with van der Waals surface area (Å²) in [5, 5.41) is 30.5. The Morgan fingerprint density at radius 1 is 0.778 bits per heavy atom. The number of hydrogen-bond donors (Lipinski definition) is 5. The fourth-order valence-corrected chi connectivity index (χ4v) is 6.83. The predicted octanol–water partition coefficient (Wildman–Crippen LogP) is 3.53. The highest BCUT2D eigenvalue weighted by Crippen LogP contribution is 2.32. The zero-order valence-electron chi connectivity index (χ0n) is 30.6. The van der Waals surface area contributed by atoms with Crippen molar-refractivity contribution < 1.29 is 52.4 Å². The molecule has 0 aliphatic heterocycles. The van der Waals surface area contributed by atoms with Gasteiger partial charge in [-0.15, -0.1) is 0 Å². The second-order valence-corrected chi connectivity index (χ2v) is 13.9. The molecule has 4 rings (SSSR count). The number of carbonyl (C=O) groups is 5. The first-order valence-electron chi connectivity index (χ1n) is 17.7. The van der Waals surface area contributed by atoms with Gasteiger partial charge in [0.2, 0.25) is 11.8 Å². The Morgan fingerprint density at radius 3 is 1.93 bits per heavy atom. The van der Waals surface area contributed by atoms with Gasteiger partial charge in [-0.3, -0.25) is 24.0 Å².